The summed E-state index contributed by atoms with van der Waals surface area (Å²) in [6, 6.07) is 10.5. The quantitative estimate of drug-likeness (QED) is 0.115. The summed E-state index contributed by atoms with van der Waals surface area (Å²) in [6.07, 6.45) is 7.73. The first kappa shape index (κ1) is 34.8. The van der Waals surface area contributed by atoms with Crippen molar-refractivity contribution in [1.29, 1.82) is 0 Å². The molecule has 42 heavy (non-hydrogen) atoms. The number of alkyl halides is 3. The zero-order chi connectivity index (χ0) is 31.0. The lowest BCUT2D eigenvalue weighted by Gasteiger charge is -2.29. The van der Waals surface area contributed by atoms with Gasteiger partial charge in [0.2, 0.25) is 0 Å². The molecule has 0 aromatic heterocycles. The van der Waals surface area contributed by atoms with E-state index in [-0.39, 0.29) is 19.1 Å². The van der Waals surface area contributed by atoms with Crippen molar-refractivity contribution in [3.8, 4) is 0 Å². The van der Waals surface area contributed by atoms with Crippen LogP contribution in [-0.4, -0.2) is 35.8 Å². The van der Waals surface area contributed by atoms with Gasteiger partial charge in [-0.15, -0.1) is 0 Å². The molecule has 1 unspecified atom stereocenters. The second-order valence-electron chi connectivity index (χ2n) is 10.6. The number of carbonyl (C=O) groups excluding carboxylic acids is 3. The highest BCUT2D eigenvalue weighted by molar-refractivity contribution is 6.32. The van der Waals surface area contributed by atoms with Crippen molar-refractivity contribution in [2.45, 2.75) is 104 Å². The molecule has 6 nitrogen and oxygen atoms in total. The molecule has 232 valence electrons. The van der Waals surface area contributed by atoms with Gasteiger partial charge in [-0.2, -0.15) is 13.2 Å². The fourth-order valence-electron chi connectivity index (χ4n) is 4.70. The molecule has 0 fully saturated rings. The lowest BCUT2D eigenvalue weighted by atomic mass is 10.0. The van der Waals surface area contributed by atoms with E-state index in [4.69, 9.17) is 4.74 Å². The Morgan fingerprint density at radius 2 is 1.36 bits per heavy atom. The highest BCUT2D eigenvalue weighted by atomic mass is 19.4. The van der Waals surface area contributed by atoms with E-state index in [9.17, 15) is 27.6 Å². The molecule has 0 spiro atoms. The predicted molar refractivity (Wildman–Crippen MR) is 158 cm³/mol. The maximum atomic E-state index is 13.0. The number of halogens is 3. The van der Waals surface area contributed by atoms with Gasteiger partial charge in [-0.1, -0.05) is 89.0 Å². The molecule has 1 atom stereocenters. The van der Waals surface area contributed by atoms with E-state index in [2.05, 4.69) is 12.2 Å². The van der Waals surface area contributed by atoms with E-state index in [1.54, 1.807) is 38.1 Å². The maximum absolute atomic E-state index is 13.0. The van der Waals surface area contributed by atoms with Crippen molar-refractivity contribution in [2.75, 3.05) is 13.2 Å². The van der Waals surface area contributed by atoms with Gasteiger partial charge in [0.1, 0.15) is 0 Å². The summed E-state index contributed by atoms with van der Waals surface area (Å²) in [4.78, 5) is 39.0. The van der Waals surface area contributed by atoms with Crippen LogP contribution >= 0.6 is 0 Å². The number of unbranched alkanes of at least 4 members (excludes halogenated alkanes) is 9. The number of hydrogen-bond donors (Lipinski definition) is 1. The molecule has 9 heteroatoms. The van der Waals surface area contributed by atoms with E-state index in [0.717, 1.165) is 25.0 Å². The van der Waals surface area contributed by atoms with Gasteiger partial charge in [-0.25, -0.2) is 4.79 Å². The number of rotatable bonds is 17. The first-order chi connectivity index (χ1) is 20.1. The van der Waals surface area contributed by atoms with Crippen molar-refractivity contribution in [3.63, 3.8) is 0 Å². The third kappa shape index (κ3) is 11.9. The standard InChI is InChI=1S/C33H45F3N2O4/c1-4-6-7-8-9-10-11-12-13-14-23-37-30(39)28-17-15-26(16-18-28)24-38(31(40)32(41)42-5-2)25(3)27-19-21-29(22-20-27)33(34,35)36/h15-22,25H,4-14,23-24H2,1-3H3,(H,37,39). The molecule has 1 N–H and O–H groups in total. The SMILES string of the molecule is CCCCCCCCCCCCNC(=O)c1ccc(CN(C(=O)C(=O)OCC)C(C)c2ccc(C(F)(F)F)cc2)cc1. The Balaban J connectivity index is 1.92. The molecule has 2 rings (SSSR count). The molecule has 0 radical (unpaired) electrons. The Labute approximate surface area is 248 Å². The van der Waals surface area contributed by atoms with Gasteiger partial charge in [0, 0.05) is 18.7 Å². The van der Waals surface area contributed by atoms with E-state index in [1.165, 1.54) is 68.4 Å². The van der Waals surface area contributed by atoms with Crippen LogP contribution in [0.1, 0.15) is 118 Å². The number of carbonyl (C=O) groups is 3. The monoisotopic (exact) mass is 590 g/mol. The molecule has 0 saturated carbocycles. The number of amides is 2. The molecule has 2 aromatic carbocycles. The summed E-state index contributed by atoms with van der Waals surface area (Å²) in [7, 11) is 0. The van der Waals surface area contributed by atoms with Gasteiger partial charge in [-0.3, -0.25) is 9.59 Å². The first-order valence-electron chi connectivity index (χ1n) is 15.1. The van der Waals surface area contributed by atoms with E-state index >= 15 is 0 Å². The van der Waals surface area contributed by atoms with Crippen LogP contribution in [0.4, 0.5) is 13.2 Å². The Morgan fingerprint density at radius 3 is 1.88 bits per heavy atom. The number of esters is 1. The molecular formula is C33H45F3N2O4. The third-order valence-corrected chi connectivity index (χ3v) is 7.28. The lowest BCUT2D eigenvalue weighted by molar-refractivity contribution is -0.161. The Kier molecular flexibility index (Phi) is 15.1. The summed E-state index contributed by atoms with van der Waals surface area (Å²) < 4.78 is 43.9. The Bertz CT molecular complexity index is 1100. The fourth-order valence-corrected chi connectivity index (χ4v) is 4.70. The smallest absolute Gasteiger partial charge is 0.416 e. The van der Waals surface area contributed by atoms with Gasteiger partial charge < -0.3 is 15.0 Å². The van der Waals surface area contributed by atoms with Crippen molar-refractivity contribution >= 4 is 17.8 Å². The zero-order valence-electron chi connectivity index (χ0n) is 25.1. The van der Waals surface area contributed by atoms with Gasteiger partial charge >= 0.3 is 18.1 Å². The van der Waals surface area contributed by atoms with Crippen molar-refractivity contribution in [1.82, 2.24) is 10.2 Å². The summed E-state index contributed by atoms with van der Waals surface area (Å²) in [5, 5.41) is 2.94. The van der Waals surface area contributed by atoms with Gasteiger partial charge in [-0.05, 0) is 55.7 Å². The number of nitrogens with zero attached hydrogens (tertiary/aromatic N) is 1. The van der Waals surface area contributed by atoms with Crippen LogP contribution in [0, 0.1) is 0 Å². The van der Waals surface area contributed by atoms with Gasteiger partial charge in [0.25, 0.3) is 5.91 Å². The average molecular weight is 591 g/mol. The van der Waals surface area contributed by atoms with Crippen LogP contribution in [-0.2, 0) is 27.0 Å². The topological polar surface area (TPSA) is 75.7 Å². The minimum atomic E-state index is -4.48. The number of benzene rings is 2. The molecule has 0 saturated heterocycles. The molecule has 0 heterocycles. The number of hydrogen-bond acceptors (Lipinski definition) is 4. The molecule has 0 aliphatic carbocycles. The van der Waals surface area contributed by atoms with Gasteiger partial charge in [0.05, 0.1) is 18.2 Å². The Morgan fingerprint density at radius 1 is 0.810 bits per heavy atom. The minimum absolute atomic E-state index is 0.000337. The second kappa shape index (κ2) is 18.2. The fraction of sp³-hybridized carbons (Fsp3) is 0.545. The van der Waals surface area contributed by atoms with Crippen LogP contribution in [0.25, 0.3) is 0 Å². The van der Waals surface area contributed by atoms with Crippen LogP contribution < -0.4 is 5.32 Å². The van der Waals surface area contributed by atoms with Crippen molar-refractivity contribution in [3.05, 3.63) is 70.8 Å². The third-order valence-electron chi connectivity index (χ3n) is 7.28. The van der Waals surface area contributed by atoms with Crippen LogP contribution in [0.5, 0.6) is 0 Å². The van der Waals surface area contributed by atoms with Crippen LogP contribution in [0.15, 0.2) is 48.5 Å². The highest BCUT2D eigenvalue weighted by Crippen LogP contribution is 2.31. The van der Waals surface area contributed by atoms with Crippen molar-refractivity contribution in [2.24, 2.45) is 0 Å². The first-order valence-corrected chi connectivity index (χ1v) is 15.1. The number of nitrogens with one attached hydrogen (secondary N) is 1. The summed E-state index contributed by atoms with van der Waals surface area (Å²) >= 11 is 0. The minimum Gasteiger partial charge on any atom is -0.459 e. The molecule has 2 amide bonds. The molecule has 0 aliphatic rings. The molecular weight excluding hydrogens is 545 g/mol. The van der Waals surface area contributed by atoms with E-state index < -0.39 is 29.7 Å². The summed E-state index contributed by atoms with van der Waals surface area (Å²) in [5.74, 6) is -2.13. The van der Waals surface area contributed by atoms with E-state index in [1.807, 2.05) is 0 Å². The summed E-state index contributed by atoms with van der Waals surface area (Å²) in [6.45, 7) is 6.05. The molecule has 2 aromatic rings. The van der Waals surface area contributed by atoms with E-state index in [0.29, 0.717) is 23.2 Å². The van der Waals surface area contributed by atoms with Crippen molar-refractivity contribution < 1.29 is 32.3 Å². The van der Waals surface area contributed by atoms with Gasteiger partial charge in [0.15, 0.2) is 0 Å². The summed E-state index contributed by atoms with van der Waals surface area (Å²) in [5.41, 5.74) is 0.759. The Hall–Kier alpha value is -3.36. The largest absolute Gasteiger partial charge is 0.459 e. The predicted octanol–water partition coefficient (Wildman–Crippen LogP) is 8.01. The molecule has 0 aliphatic heterocycles. The van der Waals surface area contributed by atoms with Crippen LogP contribution in [0.3, 0.4) is 0 Å². The highest BCUT2D eigenvalue weighted by Gasteiger charge is 2.32. The lowest BCUT2D eigenvalue weighted by Crippen LogP contribution is -2.39. The average Bonchev–Trinajstić information content (AvgIpc) is 2.98. The second-order valence-corrected chi connectivity index (χ2v) is 10.6. The normalized spacial score (nSPS) is 12.0. The number of ether oxygens (including phenoxy) is 1. The van der Waals surface area contributed by atoms with Crippen LogP contribution in [0.2, 0.25) is 0 Å². The maximum Gasteiger partial charge on any atom is 0.416 e. The molecule has 0 bridgehead atoms. The zero-order valence-corrected chi connectivity index (χ0v) is 25.1.